The number of hydrogen-bond donors (Lipinski definition) is 2. The zero-order valence-corrected chi connectivity index (χ0v) is 23.0. The third-order valence-corrected chi connectivity index (χ3v) is 6.78. The molecule has 0 atom stereocenters. The SMILES string of the molecule is COCc1cc(C(C)(CC/C=N/c2ccccc2)c2cc(COC)c(O)c(COC)c2)cc(COC)c1O. The summed E-state index contributed by atoms with van der Waals surface area (Å²) in [5.74, 6) is 0.354. The number of aliphatic imine (C=N–C) groups is 1. The number of para-hydroxylation sites is 1. The van der Waals surface area contributed by atoms with Crippen LogP contribution in [0.4, 0.5) is 5.69 Å². The van der Waals surface area contributed by atoms with Gasteiger partial charge in [0.1, 0.15) is 11.5 Å². The van der Waals surface area contributed by atoms with Gasteiger partial charge in [-0.1, -0.05) is 25.1 Å². The fourth-order valence-electron chi connectivity index (χ4n) is 4.71. The number of methoxy groups -OCH3 is 4. The molecule has 0 heterocycles. The van der Waals surface area contributed by atoms with Crippen molar-refractivity contribution in [2.75, 3.05) is 28.4 Å². The van der Waals surface area contributed by atoms with Gasteiger partial charge in [-0.3, -0.25) is 4.99 Å². The molecule has 0 amide bonds. The second-order valence-electron chi connectivity index (χ2n) is 9.54. The van der Waals surface area contributed by atoms with Crippen molar-refractivity contribution in [2.24, 2.45) is 4.99 Å². The van der Waals surface area contributed by atoms with Crippen LogP contribution < -0.4 is 0 Å². The van der Waals surface area contributed by atoms with Crippen LogP contribution in [0, 0.1) is 0 Å². The average molecular weight is 522 g/mol. The summed E-state index contributed by atoms with van der Waals surface area (Å²) in [7, 11) is 6.43. The minimum atomic E-state index is -0.514. The van der Waals surface area contributed by atoms with Crippen LogP contribution in [0.1, 0.15) is 53.1 Å². The Kier molecular flexibility index (Phi) is 10.9. The van der Waals surface area contributed by atoms with Crippen LogP contribution in [0.5, 0.6) is 11.5 Å². The maximum atomic E-state index is 10.9. The third kappa shape index (κ3) is 6.99. The van der Waals surface area contributed by atoms with Gasteiger partial charge in [0.25, 0.3) is 0 Å². The first-order chi connectivity index (χ1) is 18.4. The fourth-order valence-corrected chi connectivity index (χ4v) is 4.71. The van der Waals surface area contributed by atoms with Crippen molar-refractivity contribution < 1.29 is 29.2 Å². The van der Waals surface area contributed by atoms with Crippen molar-refractivity contribution in [3.8, 4) is 11.5 Å². The van der Waals surface area contributed by atoms with E-state index in [-0.39, 0.29) is 37.9 Å². The van der Waals surface area contributed by atoms with Gasteiger partial charge in [0.15, 0.2) is 0 Å². The van der Waals surface area contributed by atoms with E-state index in [2.05, 4.69) is 11.9 Å². The standard InChI is InChI=1S/C31H39NO6/c1-31(12-9-13-32-28-10-7-6-8-11-28,26-14-22(18-35-2)29(33)23(15-26)19-36-3)27-16-24(20-37-4)30(34)25(17-27)21-38-5/h6-8,10-11,13-17,33-34H,9,12,18-21H2,1-5H3/b32-13+. The van der Waals surface area contributed by atoms with E-state index in [1.807, 2.05) is 60.8 Å². The summed E-state index contributed by atoms with van der Waals surface area (Å²) in [6.45, 7) is 3.23. The highest BCUT2D eigenvalue weighted by molar-refractivity contribution is 5.64. The van der Waals surface area contributed by atoms with Gasteiger partial charge in [0.2, 0.25) is 0 Å². The molecule has 0 spiro atoms. The molecule has 0 fully saturated rings. The molecule has 3 rings (SSSR count). The molecular weight excluding hydrogens is 482 g/mol. The minimum Gasteiger partial charge on any atom is -0.507 e. The van der Waals surface area contributed by atoms with Crippen molar-refractivity contribution in [3.63, 3.8) is 0 Å². The van der Waals surface area contributed by atoms with Gasteiger partial charge < -0.3 is 29.2 Å². The van der Waals surface area contributed by atoms with Gasteiger partial charge in [0.05, 0.1) is 32.1 Å². The molecule has 0 aliphatic rings. The molecule has 0 unspecified atom stereocenters. The summed E-state index contributed by atoms with van der Waals surface area (Å²) >= 11 is 0. The maximum absolute atomic E-state index is 10.9. The molecule has 204 valence electrons. The summed E-state index contributed by atoms with van der Waals surface area (Å²) in [4.78, 5) is 4.63. The lowest BCUT2D eigenvalue weighted by Gasteiger charge is -2.33. The average Bonchev–Trinajstić information content (AvgIpc) is 2.92. The van der Waals surface area contributed by atoms with Crippen LogP contribution in [0.2, 0.25) is 0 Å². The van der Waals surface area contributed by atoms with Crippen LogP contribution in [0.15, 0.2) is 59.6 Å². The Balaban J connectivity index is 2.16. The number of aromatic hydroxyl groups is 2. The number of phenols is 2. The first kappa shape index (κ1) is 29.3. The summed E-state index contributed by atoms with van der Waals surface area (Å²) in [6.07, 6.45) is 3.36. The minimum absolute atomic E-state index is 0.177. The number of benzene rings is 3. The Labute approximate surface area is 225 Å². The molecule has 0 saturated heterocycles. The monoisotopic (exact) mass is 521 g/mol. The highest BCUT2D eigenvalue weighted by Crippen LogP contribution is 2.42. The Hall–Kier alpha value is -3.23. The van der Waals surface area contributed by atoms with Gasteiger partial charge in [-0.2, -0.15) is 0 Å². The molecular formula is C31H39NO6. The van der Waals surface area contributed by atoms with Crippen molar-refractivity contribution in [3.05, 3.63) is 88.0 Å². The third-order valence-electron chi connectivity index (χ3n) is 6.78. The number of rotatable bonds is 14. The van der Waals surface area contributed by atoms with Crippen molar-refractivity contribution >= 4 is 11.9 Å². The predicted octanol–water partition coefficient (Wildman–Crippen LogP) is 6.17. The van der Waals surface area contributed by atoms with Gasteiger partial charge in [0, 0.05) is 62.3 Å². The lowest BCUT2D eigenvalue weighted by molar-refractivity contribution is 0.174. The summed E-state index contributed by atoms with van der Waals surface area (Å²) in [5.41, 5.74) is 5.14. The number of phenolic OH excluding ortho intramolecular Hbond substituents is 2. The second kappa shape index (κ2) is 14.1. The smallest absolute Gasteiger partial charge is 0.126 e. The van der Waals surface area contributed by atoms with Crippen LogP contribution in [0.25, 0.3) is 0 Å². The van der Waals surface area contributed by atoms with Crippen molar-refractivity contribution in [1.29, 1.82) is 0 Å². The molecule has 7 heteroatoms. The zero-order valence-electron chi connectivity index (χ0n) is 23.0. The van der Waals surface area contributed by atoms with Crippen LogP contribution >= 0.6 is 0 Å². The number of ether oxygens (including phenoxy) is 4. The highest BCUT2D eigenvalue weighted by atomic mass is 16.5. The normalized spacial score (nSPS) is 11.9. The summed E-state index contributed by atoms with van der Waals surface area (Å²) in [6, 6.07) is 17.8. The Morgan fingerprint density at radius 3 is 1.45 bits per heavy atom. The molecule has 7 nitrogen and oxygen atoms in total. The largest absolute Gasteiger partial charge is 0.507 e. The summed E-state index contributed by atoms with van der Waals surface area (Å²) < 4.78 is 21.6. The molecule has 3 aromatic rings. The molecule has 2 N–H and O–H groups in total. The maximum Gasteiger partial charge on any atom is 0.126 e. The van der Waals surface area contributed by atoms with E-state index >= 15 is 0 Å². The van der Waals surface area contributed by atoms with Crippen LogP contribution in [0.3, 0.4) is 0 Å². The van der Waals surface area contributed by atoms with Gasteiger partial charge in [-0.05, 0) is 60.4 Å². The first-order valence-corrected chi connectivity index (χ1v) is 12.6. The van der Waals surface area contributed by atoms with Crippen molar-refractivity contribution in [2.45, 2.75) is 51.6 Å². The Morgan fingerprint density at radius 1 is 0.684 bits per heavy atom. The van der Waals surface area contributed by atoms with Crippen molar-refractivity contribution in [1.82, 2.24) is 0 Å². The molecule has 0 saturated carbocycles. The van der Waals surface area contributed by atoms with Crippen LogP contribution in [-0.2, 0) is 50.8 Å². The van der Waals surface area contributed by atoms with E-state index in [1.54, 1.807) is 28.4 Å². The lowest BCUT2D eigenvalue weighted by Crippen LogP contribution is -2.25. The van der Waals surface area contributed by atoms with E-state index in [9.17, 15) is 10.2 Å². The molecule has 0 radical (unpaired) electrons. The van der Waals surface area contributed by atoms with E-state index < -0.39 is 5.41 Å². The molecule has 38 heavy (non-hydrogen) atoms. The van der Waals surface area contributed by atoms with E-state index in [4.69, 9.17) is 18.9 Å². The predicted molar refractivity (Wildman–Crippen MR) is 149 cm³/mol. The fraction of sp³-hybridized carbons (Fsp3) is 0.387. The van der Waals surface area contributed by atoms with Gasteiger partial charge in [-0.15, -0.1) is 0 Å². The number of hydrogen-bond acceptors (Lipinski definition) is 7. The molecule has 3 aromatic carbocycles. The van der Waals surface area contributed by atoms with Gasteiger partial charge in [-0.25, -0.2) is 0 Å². The second-order valence-corrected chi connectivity index (χ2v) is 9.54. The van der Waals surface area contributed by atoms with E-state index in [1.165, 1.54) is 0 Å². The highest BCUT2D eigenvalue weighted by Gasteiger charge is 2.32. The van der Waals surface area contributed by atoms with Gasteiger partial charge >= 0.3 is 0 Å². The van der Waals surface area contributed by atoms with E-state index in [0.29, 0.717) is 28.7 Å². The zero-order chi connectivity index (χ0) is 27.5. The topological polar surface area (TPSA) is 89.7 Å². The molecule has 0 bridgehead atoms. The number of nitrogens with zero attached hydrogens (tertiary/aromatic N) is 1. The van der Waals surface area contributed by atoms with Crippen LogP contribution in [-0.4, -0.2) is 44.9 Å². The molecule has 0 aromatic heterocycles. The molecule has 0 aliphatic heterocycles. The first-order valence-electron chi connectivity index (χ1n) is 12.6. The molecule has 0 aliphatic carbocycles. The Bertz CT molecular complexity index is 1090. The summed E-state index contributed by atoms with van der Waals surface area (Å²) in [5, 5.41) is 21.7. The Morgan fingerprint density at radius 2 is 1.08 bits per heavy atom. The van der Waals surface area contributed by atoms with E-state index in [0.717, 1.165) is 23.2 Å². The lowest BCUT2D eigenvalue weighted by atomic mass is 9.71. The quantitative estimate of drug-likeness (QED) is 0.247.